The van der Waals surface area contributed by atoms with Gasteiger partial charge in [-0.25, -0.2) is 19.6 Å². The summed E-state index contributed by atoms with van der Waals surface area (Å²) < 4.78 is 27.3. The molecule has 10 heteroatoms. The predicted octanol–water partition coefficient (Wildman–Crippen LogP) is 4.55. The minimum absolute atomic E-state index is 0.273. The summed E-state index contributed by atoms with van der Waals surface area (Å²) >= 11 is -0.774. The van der Waals surface area contributed by atoms with E-state index in [2.05, 4.69) is 56.2 Å². The number of benzene rings is 1. The number of anilines is 3. The van der Waals surface area contributed by atoms with E-state index in [0.29, 0.717) is 34.7 Å². The van der Waals surface area contributed by atoms with Crippen molar-refractivity contribution in [1.29, 1.82) is 0 Å². The summed E-state index contributed by atoms with van der Waals surface area (Å²) in [6, 6.07) is 8.14. The molecule has 5 rings (SSSR count). The summed E-state index contributed by atoms with van der Waals surface area (Å²) in [5.41, 5.74) is 3.21. The van der Waals surface area contributed by atoms with Gasteiger partial charge >= 0.3 is 0 Å². The summed E-state index contributed by atoms with van der Waals surface area (Å²) in [6.07, 6.45) is 5.26. The smallest absolute Gasteiger partial charge is 0.222 e. The summed E-state index contributed by atoms with van der Waals surface area (Å²) in [4.78, 5) is 15.8. The van der Waals surface area contributed by atoms with Crippen LogP contribution in [-0.2, 0) is 18.2 Å². The van der Waals surface area contributed by atoms with Crippen molar-refractivity contribution in [3.05, 3.63) is 53.9 Å². The molecule has 1 fully saturated rings. The summed E-state index contributed by atoms with van der Waals surface area (Å²) in [5, 5.41) is 9.61. The lowest BCUT2D eigenvalue weighted by Gasteiger charge is -2.41. The third-order valence-corrected chi connectivity index (χ3v) is 7.53. The first-order valence-electron chi connectivity index (χ1n) is 12.0. The van der Waals surface area contributed by atoms with Crippen molar-refractivity contribution in [1.82, 2.24) is 24.7 Å². The minimum Gasteiger partial charge on any atom is -0.617 e. The number of aryl methyl sites for hydroxylation is 2. The Balaban J connectivity index is 1.46. The molecule has 4 aromatic rings. The van der Waals surface area contributed by atoms with Gasteiger partial charge in [0.1, 0.15) is 17.4 Å². The predicted molar refractivity (Wildman–Crippen MR) is 143 cm³/mol. The van der Waals surface area contributed by atoms with Gasteiger partial charge in [0.15, 0.2) is 5.82 Å². The van der Waals surface area contributed by atoms with Gasteiger partial charge < -0.3 is 14.8 Å². The van der Waals surface area contributed by atoms with Crippen molar-refractivity contribution in [3.8, 4) is 11.4 Å². The number of nitrogens with zero attached hydrogens (tertiary/aromatic N) is 6. The highest BCUT2D eigenvalue weighted by atomic mass is 32.2. The number of hydrogen-bond donors (Lipinski definition) is 1. The second-order valence-electron chi connectivity index (χ2n) is 9.72. The topological polar surface area (TPSA) is 94.8 Å². The maximum absolute atomic E-state index is 14.6. The molecular weight excluding hydrogens is 477 g/mol. The lowest BCUT2D eigenvalue weighted by molar-refractivity contribution is 0.445. The van der Waals surface area contributed by atoms with Gasteiger partial charge in [0.05, 0.1) is 17.5 Å². The fourth-order valence-corrected chi connectivity index (χ4v) is 5.74. The fourth-order valence-electron chi connectivity index (χ4n) is 4.86. The van der Waals surface area contributed by atoms with E-state index < -0.39 is 17.1 Å². The van der Waals surface area contributed by atoms with E-state index in [1.165, 1.54) is 10.2 Å². The second-order valence-corrected chi connectivity index (χ2v) is 11.2. The average Bonchev–Trinajstić information content (AvgIpc) is 3.06. The Morgan fingerprint density at radius 1 is 1.17 bits per heavy atom. The van der Waals surface area contributed by atoms with Crippen LogP contribution in [0.3, 0.4) is 0 Å². The zero-order valence-corrected chi connectivity index (χ0v) is 21.9. The molecule has 0 radical (unpaired) electrons. The maximum atomic E-state index is 14.6. The van der Waals surface area contributed by atoms with Gasteiger partial charge in [-0.3, -0.25) is 0 Å². The molecule has 1 saturated heterocycles. The van der Waals surface area contributed by atoms with Crippen molar-refractivity contribution in [2.75, 3.05) is 35.3 Å². The molecule has 1 N–H and O–H groups in total. The molecule has 1 aromatic carbocycles. The van der Waals surface area contributed by atoms with Crippen LogP contribution in [0.15, 0.2) is 36.7 Å². The SMILES string of the molecule is Cc1nn(C)c(F)c1-c1nccc(Nc2cc3c(C(C)C)ccc(N4CC(C[S+](C)[O-])C4)c3cn2)n1. The average molecular weight is 508 g/mol. The monoisotopic (exact) mass is 507 g/mol. The third-order valence-electron chi connectivity index (χ3n) is 6.59. The first kappa shape index (κ1) is 24.5. The molecule has 0 amide bonds. The summed E-state index contributed by atoms with van der Waals surface area (Å²) in [7, 11) is 1.55. The van der Waals surface area contributed by atoms with Crippen molar-refractivity contribution in [2.45, 2.75) is 26.7 Å². The first-order chi connectivity index (χ1) is 17.2. The number of halogens is 1. The Morgan fingerprint density at radius 3 is 2.61 bits per heavy atom. The molecule has 0 saturated carbocycles. The largest absolute Gasteiger partial charge is 0.617 e. The number of pyridine rings is 1. The zero-order chi connectivity index (χ0) is 25.6. The van der Waals surface area contributed by atoms with E-state index in [1.54, 1.807) is 32.5 Å². The Hall–Kier alpha value is -3.24. The van der Waals surface area contributed by atoms with Crippen LogP contribution < -0.4 is 10.2 Å². The molecule has 0 bridgehead atoms. The number of rotatable bonds is 7. The van der Waals surface area contributed by atoms with Crippen molar-refractivity contribution in [3.63, 3.8) is 0 Å². The van der Waals surface area contributed by atoms with E-state index in [1.807, 2.05) is 12.3 Å². The third kappa shape index (κ3) is 4.62. The lowest BCUT2D eigenvalue weighted by Crippen LogP contribution is -2.49. The zero-order valence-electron chi connectivity index (χ0n) is 21.1. The highest BCUT2D eigenvalue weighted by Gasteiger charge is 2.31. The molecular formula is C26H30FN7OS. The molecule has 188 valence electrons. The molecule has 1 unspecified atom stereocenters. The first-order valence-corrected chi connectivity index (χ1v) is 13.7. The van der Waals surface area contributed by atoms with E-state index in [4.69, 9.17) is 0 Å². The Kier molecular flexibility index (Phi) is 6.57. The number of hydrogen-bond acceptors (Lipinski definition) is 7. The number of fused-ring (bicyclic) bond motifs is 1. The van der Waals surface area contributed by atoms with E-state index in [9.17, 15) is 8.94 Å². The van der Waals surface area contributed by atoms with Crippen LogP contribution in [0.5, 0.6) is 0 Å². The lowest BCUT2D eigenvalue weighted by atomic mass is 9.93. The molecule has 0 spiro atoms. The molecule has 1 atom stereocenters. The Labute approximate surface area is 213 Å². The van der Waals surface area contributed by atoms with Crippen LogP contribution >= 0.6 is 0 Å². The summed E-state index contributed by atoms with van der Waals surface area (Å²) in [5.74, 6) is 2.52. The van der Waals surface area contributed by atoms with Crippen LogP contribution in [0.25, 0.3) is 22.2 Å². The highest BCUT2D eigenvalue weighted by Crippen LogP contribution is 2.37. The van der Waals surface area contributed by atoms with Crippen LogP contribution in [0.4, 0.5) is 21.7 Å². The molecule has 1 aliphatic heterocycles. The number of nitrogens with one attached hydrogen (secondary N) is 1. The molecule has 1 aliphatic rings. The Bertz CT molecular complexity index is 1420. The molecule has 36 heavy (non-hydrogen) atoms. The molecule has 0 aliphatic carbocycles. The number of aromatic nitrogens is 5. The van der Waals surface area contributed by atoms with Crippen LogP contribution in [-0.4, -0.2) is 54.4 Å². The highest BCUT2D eigenvalue weighted by molar-refractivity contribution is 7.90. The van der Waals surface area contributed by atoms with Gasteiger partial charge in [-0.2, -0.15) is 9.49 Å². The van der Waals surface area contributed by atoms with Crippen molar-refractivity contribution >= 4 is 39.3 Å². The van der Waals surface area contributed by atoms with Gasteiger partial charge in [-0.05, 0) is 42.0 Å². The van der Waals surface area contributed by atoms with Crippen molar-refractivity contribution < 1.29 is 8.94 Å². The second kappa shape index (κ2) is 9.67. The molecule has 8 nitrogen and oxygen atoms in total. The Morgan fingerprint density at radius 2 is 1.94 bits per heavy atom. The minimum atomic E-state index is -0.774. The van der Waals surface area contributed by atoms with Gasteiger partial charge in [-0.15, -0.1) is 0 Å². The van der Waals surface area contributed by atoms with Crippen LogP contribution in [0, 0.1) is 18.8 Å². The quantitative estimate of drug-likeness (QED) is 0.367. The van der Waals surface area contributed by atoms with E-state index >= 15 is 0 Å². The normalized spacial score (nSPS) is 14.9. The van der Waals surface area contributed by atoms with Crippen LogP contribution in [0.1, 0.15) is 31.0 Å². The maximum Gasteiger partial charge on any atom is 0.222 e. The van der Waals surface area contributed by atoms with E-state index in [-0.39, 0.29) is 5.82 Å². The van der Waals surface area contributed by atoms with Gasteiger partial charge in [0, 0.05) is 49.5 Å². The van der Waals surface area contributed by atoms with Crippen molar-refractivity contribution in [2.24, 2.45) is 13.0 Å². The van der Waals surface area contributed by atoms with Crippen LogP contribution in [0.2, 0.25) is 0 Å². The fraction of sp³-hybridized carbons (Fsp3) is 0.385. The van der Waals surface area contributed by atoms with E-state index in [0.717, 1.165) is 35.3 Å². The van der Waals surface area contributed by atoms with Gasteiger partial charge in [0.2, 0.25) is 5.95 Å². The standard InChI is InChI=1S/C26H30FN7OS/c1-15(2)18-6-7-21(34-12-17(13-34)14-36(5)35)20-11-29-23(10-19(18)20)30-22-8-9-28-26(31-22)24-16(3)32-33(4)25(24)27/h6-11,15,17H,12-14H2,1-5H3,(H,28,29,30,31). The molecule has 3 aromatic heterocycles. The molecule has 4 heterocycles. The summed E-state index contributed by atoms with van der Waals surface area (Å²) in [6.45, 7) is 7.91. The van der Waals surface area contributed by atoms with Gasteiger partial charge in [0.25, 0.3) is 0 Å². The van der Waals surface area contributed by atoms with Gasteiger partial charge in [-0.1, -0.05) is 31.1 Å².